The van der Waals surface area contributed by atoms with Crippen molar-refractivity contribution in [2.24, 2.45) is 11.8 Å². The number of rotatable bonds is 4. The molecule has 3 aromatic rings. The molecule has 5 heteroatoms. The minimum atomic E-state index is -0.414. The third kappa shape index (κ3) is 2.68. The lowest BCUT2D eigenvalue weighted by Crippen LogP contribution is -2.41. The van der Waals surface area contributed by atoms with E-state index in [-0.39, 0.29) is 29.6 Å². The van der Waals surface area contributed by atoms with Crippen LogP contribution in [0.25, 0.3) is 0 Å². The molecule has 33 heavy (non-hydrogen) atoms. The molecule has 5 nitrogen and oxygen atoms in total. The first-order valence-corrected chi connectivity index (χ1v) is 11.2. The molecule has 2 atom stereocenters. The minimum Gasteiger partial charge on any atom is -0.349 e. The summed E-state index contributed by atoms with van der Waals surface area (Å²) in [5.41, 5.74) is 5.59. The van der Waals surface area contributed by atoms with Gasteiger partial charge < -0.3 is 5.32 Å². The quantitative estimate of drug-likeness (QED) is 0.499. The van der Waals surface area contributed by atoms with Gasteiger partial charge in [0.1, 0.15) is 0 Å². The highest BCUT2D eigenvalue weighted by molar-refractivity contribution is 6.23. The molecule has 7 rings (SSSR count). The molecule has 1 heterocycles. The Hall–Kier alpha value is -3.99. The first-order chi connectivity index (χ1) is 16.1. The fourth-order valence-electron chi connectivity index (χ4n) is 5.96. The van der Waals surface area contributed by atoms with E-state index in [4.69, 9.17) is 0 Å². The smallest absolute Gasteiger partial charge is 0.251 e. The largest absolute Gasteiger partial charge is 0.349 e. The van der Waals surface area contributed by atoms with Gasteiger partial charge in [-0.25, -0.2) is 4.90 Å². The van der Waals surface area contributed by atoms with Gasteiger partial charge in [0.15, 0.2) is 0 Å². The summed E-state index contributed by atoms with van der Waals surface area (Å²) in [6.45, 7) is 3.97. The molecule has 0 aromatic heterocycles. The van der Waals surface area contributed by atoms with Crippen molar-refractivity contribution in [2.75, 3.05) is 11.4 Å². The van der Waals surface area contributed by atoms with Crippen LogP contribution in [0, 0.1) is 11.8 Å². The number of benzene rings is 3. The Labute approximate surface area is 191 Å². The molecule has 3 aliphatic carbocycles. The number of imide groups is 1. The zero-order chi connectivity index (χ0) is 22.7. The van der Waals surface area contributed by atoms with Crippen molar-refractivity contribution in [1.29, 1.82) is 0 Å². The number of carbonyl (C=O) groups is 3. The van der Waals surface area contributed by atoms with E-state index in [1.807, 2.05) is 24.3 Å². The number of nitrogens with zero attached hydrogens (tertiary/aromatic N) is 1. The van der Waals surface area contributed by atoms with E-state index in [0.29, 0.717) is 17.8 Å². The summed E-state index contributed by atoms with van der Waals surface area (Å²) in [7, 11) is 0. The first-order valence-electron chi connectivity index (χ1n) is 11.2. The van der Waals surface area contributed by atoms with Gasteiger partial charge in [0.2, 0.25) is 11.8 Å². The van der Waals surface area contributed by atoms with Crippen molar-refractivity contribution in [1.82, 2.24) is 5.32 Å². The third-order valence-corrected chi connectivity index (χ3v) is 7.24. The molecule has 1 fully saturated rings. The fraction of sp³-hybridized carbons (Fsp3) is 0.179. The van der Waals surface area contributed by atoms with Crippen LogP contribution in [0.3, 0.4) is 0 Å². The maximum absolute atomic E-state index is 13.7. The van der Waals surface area contributed by atoms with Gasteiger partial charge in [-0.05, 0) is 46.5 Å². The van der Waals surface area contributed by atoms with Crippen molar-refractivity contribution in [2.45, 2.75) is 11.8 Å². The monoisotopic (exact) mass is 434 g/mol. The highest BCUT2D eigenvalue weighted by Crippen LogP contribution is 2.61. The second-order valence-corrected chi connectivity index (χ2v) is 8.82. The standard InChI is InChI=1S/C28H22N2O3/c1-2-15-29-26(31)16-11-13-17(14-12-16)30-27(32)24-22-18-7-3-4-8-19(18)23(25(24)28(30)33)21-10-6-5-9-20(21)22/h2-14,22-25H,1,15H2,(H,29,31)/t22?,23?,24-,25-/m0/s1. The van der Waals surface area contributed by atoms with E-state index >= 15 is 0 Å². The highest BCUT2D eigenvalue weighted by Gasteiger charge is 2.61. The van der Waals surface area contributed by atoms with E-state index in [9.17, 15) is 14.4 Å². The van der Waals surface area contributed by atoms with Crippen LogP contribution in [0.2, 0.25) is 0 Å². The van der Waals surface area contributed by atoms with E-state index in [2.05, 4.69) is 36.2 Å². The average Bonchev–Trinajstić information content (AvgIpc) is 3.13. The Bertz CT molecular complexity index is 1210. The molecule has 1 N–H and O–H groups in total. The van der Waals surface area contributed by atoms with Crippen LogP contribution in [-0.4, -0.2) is 24.3 Å². The van der Waals surface area contributed by atoms with Crippen LogP contribution in [0.5, 0.6) is 0 Å². The Balaban J connectivity index is 1.40. The zero-order valence-corrected chi connectivity index (χ0v) is 17.9. The van der Waals surface area contributed by atoms with Crippen LogP contribution in [-0.2, 0) is 9.59 Å². The number of carbonyl (C=O) groups excluding carboxylic acids is 3. The Kier molecular flexibility index (Phi) is 4.34. The summed E-state index contributed by atoms with van der Waals surface area (Å²) in [6, 6.07) is 23.1. The van der Waals surface area contributed by atoms with Gasteiger partial charge in [-0.1, -0.05) is 54.6 Å². The van der Waals surface area contributed by atoms with Gasteiger partial charge in [0.25, 0.3) is 5.91 Å². The normalized spacial score (nSPS) is 24.2. The summed E-state index contributed by atoms with van der Waals surface area (Å²) >= 11 is 0. The molecule has 1 aliphatic heterocycles. The lowest BCUT2D eigenvalue weighted by atomic mass is 9.55. The number of anilines is 1. The Morgan fingerprint density at radius 2 is 1.24 bits per heavy atom. The van der Waals surface area contributed by atoms with Crippen LogP contribution in [0.1, 0.15) is 44.4 Å². The molecule has 4 aliphatic rings. The Morgan fingerprint density at radius 1 is 0.788 bits per heavy atom. The van der Waals surface area contributed by atoms with Gasteiger partial charge in [0, 0.05) is 23.9 Å². The van der Waals surface area contributed by atoms with E-state index in [1.54, 1.807) is 30.3 Å². The SMILES string of the molecule is C=CCNC(=O)c1ccc(N2C(=O)[C@H]3C4c5ccccc5C(c5ccccc54)[C@@H]3C2=O)cc1. The number of hydrogen-bond donors (Lipinski definition) is 1. The second kappa shape index (κ2) is 7.27. The fourth-order valence-corrected chi connectivity index (χ4v) is 5.96. The van der Waals surface area contributed by atoms with Crippen LogP contribution in [0.15, 0.2) is 85.5 Å². The van der Waals surface area contributed by atoms with Gasteiger partial charge >= 0.3 is 0 Å². The molecule has 2 bridgehead atoms. The van der Waals surface area contributed by atoms with Crippen molar-refractivity contribution < 1.29 is 14.4 Å². The minimum absolute atomic E-state index is 0.127. The van der Waals surface area contributed by atoms with E-state index in [0.717, 1.165) is 22.3 Å². The van der Waals surface area contributed by atoms with Crippen molar-refractivity contribution >= 4 is 23.4 Å². The van der Waals surface area contributed by atoms with Crippen LogP contribution < -0.4 is 10.2 Å². The topological polar surface area (TPSA) is 66.5 Å². The van der Waals surface area contributed by atoms with Crippen molar-refractivity contribution in [3.05, 3.63) is 113 Å². The summed E-state index contributed by atoms with van der Waals surface area (Å²) in [5, 5.41) is 2.73. The lowest BCUT2D eigenvalue weighted by Gasteiger charge is -2.45. The van der Waals surface area contributed by atoms with Gasteiger partial charge in [-0.3, -0.25) is 14.4 Å². The second-order valence-electron chi connectivity index (χ2n) is 8.82. The lowest BCUT2D eigenvalue weighted by molar-refractivity contribution is -0.122. The first kappa shape index (κ1) is 19.7. The predicted molar refractivity (Wildman–Crippen MR) is 125 cm³/mol. The maximum Gasteiger partial charge on any atom is 0.251 e. The molecule has 0 saturated carbocycles. The van der Waals surface area contributed by atoms with Gasteiger partial charge in [-0.2, -0.15) is 0 Å². The molecule has 3 amide bonds. The number of hydrogen-bond acceptors (Lipinski definition) is 3. The van der Waals surface area contributed by atoms with Crippen LogP contribution in [0.4, 0.5) is 5.69 Å². The van der Waals surface area contributed by atoms with Crippen molar-refractivity contribution in [3.63, 3.8) is 0 Å². The number of nitrogens with one attached hydrogen (secondary N) is 1. The van der Waals surface area contributed by atoms with Gasteiger partial charge in [-0.15, -0.1) is 6.58 Å². The molecular weight excluding hydrogens is 412 g/mol. The maximum atomic E-state index is 13.7. The molecule has 0 unspecified atom stereocenters. The zero-order valence-electron chi connectivity index (χ0n) is 17.9. The molecule has 0 radical (unpaired) electrons. The molecule has 162 valence electrons. The Morgan fingerprint density at radius 3 is 1.67 bits per heavy atom. The number of amides is 3. The summed E-state index contributed by atoms with van der Waals surface area (Å²) in [6.07, 6.45) is 1.61. The molecule has 1 saturated heterocycles. The summed E-state index contributed by atoms with van der Waals surface area (Å²) in [5.74, 6) is -1.62. The molecule has 3 aromatic carbocycles. The van der Waals surface area contributed by atoms with E-state index < -0.39 is 11.8 Å². The molecular formula is C28H22N2O3. The van der Waals surface area contributed by atoms with Crippen LogP contribution >= 0.6 is 0 Å². The average molecular weight is 434 g/mol. The van der Waals surface area contributed by atoms with E-state index in [1.165, 1.54) is 4.90 Å². The summed E-state index contributed by atoms with van der Waals surface area (Å²) in [4.78, 5) is 41.0. The predicted octanol–water partition coefficient (Wildman–Crippen LogP) is 4.00. The third-order valence-electron chi connectivity index (χ3n) is 7.24. The molecule has 0 spiro atoms. The van der Waals surface area contributed by atoms with Gasteiger partial charge in [0.05, 0.1) is 17.5 Å². The van der Waals surface area contributed by atoms with Crippen molar-refractivity contribution in [3.8, 4) is 0 Å². The highest BCUT2D eigenvalue weighted by atomic mass is 16.2. The summed E-state index contributed by atoms with van der Waals surface area (Å²) < 4.78 is 0.